The third-order valence-electron chi connectivity index (χ3n) is 0.354. The van der Waals surface area contributed by atoms with Crippen LogP contribution in [0.4, 0.5) is 0 Å². The predicted molar refractivity (Wildman–Crippen MR) is 46.9 cm³/mol. The van der Waals surface area contributed by atoms with Crippen LogP contribution in [-0.4, -0.2) is 13.6 Å². The highest BCUT2D eigenvalue weighted by Gasteiger charge is 1.50. The Labute approximate surface area is 60.9 Å². The fourth-order valence-electron chi connectivity index (χ4n) is 0. The van der Waals surface area contributed by atoms with E-state index in [1.54, 1.807) is 0 Å². The summed E-state index contributed by atoms with van der Waals surface area (Å²) in [5.74, 6) is 0. The van der Waals surface area contributed by atoms with Crippen LogP contribution >= 0.6 is 0 Å². The first-order valence-corrected chi connectivity index (χ1v) is 3.97. The van der Waals surface area contributed by atoms with Gasteiger partial charge < -0.3 is 5.32 Å². The fourth-order valence-corrected chi connectivity index (χ4v) is 0. The molecule has 0 atom stereocenters. The molecule has 0 aliphatic carbocycles. The van der Waals surface area contributed by atoms with Crippen LogP contribution in [0, 0.1) is 0 Å². The van der Waals surface area contributed by atoms with Gasteiger partial charge in [-0.3, -0.25) is 0 Å². The lowest BCUT2D eigenvalue weighted by Gasteiger charge is -1.76. The molecule has 0 aromatic rings. The molecule has 1 N–H and O–H groups in total. The number of rotatable bonds is 1. The molecular formula is C8H23N. The summed E-state index contributed by atoms with van der Waals surface area (Å²) in [7, 11) is 1.93. The van der Waals surface area contributed by atoms with Gasteiger partial charge in [0.1, 0.15) is 0 Å². The molecule has 0 saturated carbocycles. The van der Waals surface area contributed by atoms with E-state index >= 15 is 0 Å². The Bertz CT molecular complexity index is 12.0. The Balaban J connectivity index is -0.0000000646. The smallest absolute Gasteiger partial charge is 0.00804 e. The van der Waals surface area contributed by atoms with Crippen molar-refractivity contribution in [3.8, 4) is 0 Å². The Kier molecular flexibility index (Phi) is 78.2. The largest absolute Gasteiger partial charge is 0.320 e. The van der Waals surface area contributed by atoms with Gasteiger partial charge in [-0.25, -0.2) is 0 Å². The van der Waals surface area contributed by atoms with Crippen LogP contribution in [0.25, 0.3) is 0 Å². The average molecular weight is 133 g/mol. The van der Waals surface area contributed by atoms with Gasteiger partial charge in [0.15, 0.2) is 0 Å². The van der Waals surface area contributed by atoms with Gasteiger partial charge in [0.25, 0.3) is 0 Å². The van der Waals surface area contributed by atoms with E-state index in [2.05, 4.69) is 26.1 Å². The van der Waals surface area contributed by atoms with E-state index in [0.29, 0.717) is 0 Å². The zero-order valence-electron chi connectivity index (χ0n) is 7.91. The summed E-state index contributed by atoms with van der Waals surface area (Å²) in [6, 6.07) is 0. The Hall–Kier alpha value is -0.0400. The van der Waals surface area contributed by atoms with Gasteiger partial charge in [0.05, 0.1) is 0 Å². The number of nitrogens with one attached hydrogen (secondary N) is 1. The van der Waals surface area contributed by atoms with Crippen molar-refractivity contribution in [2.24, 2.45) is 0 Å². The molecule has 9 heavy (non-hydrogen) atoms. The van der Waals surface area contributed by atoms with Gasteiger partial charge in [-0.05, 0) is 13.6 Å². The maximum absolute atomic E-state index is 2.93. The van der Waals surface area contributed by atoms with Crippen LogP contribution in [-0.2, 0) is 0 Å². The van der Waals surface area contributed by atoms with Crippen molar-refractivity contribution in [2.45, 2.75) is 41.0 Å². The average Bonchev–Trinajstić information content (AvgIpc) is 1.94. The minimum atomic E-state index is 1.07. The van der Waals surface area contributed by atoms with E-state index in [1.165, 1.54) is 6.42 Å². The molecule has 0 bridgehead atoms. The van der Waals surface area contributed by atoms with Gasteiger partial charge in [-0.2, -0.15) is 0 Å². The molecule has 1 heteroatoms. The summed E-state index contributed by atoms with van der Waals surface area (Å²) in [5.41, 5.74) is 0. The molecule has 0 aromatic carbocycles. The standard InChI is InChI=1S/C3H9N.C3H8.C2H6/c1-3-4-2;1-3-2;1-2/h4H,3H2,1-2H3;3H2,1-2H3;1-2H3. The molecule has 0 spiro atoms. The van der Waals surface area contributed by atoms with Crippen molar-refractivity contribution in [2.75, 3.05) is 13.6 Å². The quantitative estimate of drug-likeness (QED) is 0.580. The third kappa shape index (κ3) is 307. The minimum Gasteiger partial charge on any atom is -0.320 e. The van der Waals surface area contributed by atoms with Crippen molar-refractivity contribution in [3.05, 3.63) is 0 Å². The molecule has 0 aliphatic rings. The Morgan fingerprint density at radius 2 is 1.11 bits per heavy atom. The first kappa shape index (κ1) is 16.0. The van der Waals surface area contributed by atoms with Crippen molar-refractivity contribution >= 4 is 0 Å². The van der Waals surface area contributed by atoms with E-state index < -0.39 is 0 Å². The summed E-state index contributed by atoms with van der Waals surface area (Å²) in [6.45, 7) is 11.4. The van der Waals surface area contributed by atoms with Gasteiger partial charge in [-0.15, -0.1) is 0 Å². The van der Waals surface area contributed by atoms with Crippen LogP contribution in [0.15, 0.2) is 0 Å². The summed E-state index contributed by atoms with van der Waals surface area (Å²) >= 11 is 0. The predicted octanol–water partition coefficient (Wildman–Crippen LogP) is 2.67. The maximum atomic E-state index is 2.93. The van der Waals surface area contributed by atoms with E-state index in [9.17, 15) is 0 Å². The summed E-state index contributed by atoms with van der Waals surface area (Å²) < 4.78 is 0. The summed E-state index contributed by atoms with van der Waals surface area (Å²) in [6.07, 6.45) is 1.25. The van der Waals surface area contributed by atoms with E-state index in [1.807, 2.05) is 20.9 Å². The van der Waals surface area contributed by atoms with Gasteiger partial charge in [0.2, 0.25) is 0 Å². The van der Waals surface area contributed by atoms with Crippen LogP contribution in [0.1, 0.15) is 41.0 Å². The second-order valence-corrected chi connectivity index (χ2v) is 1.41. The Morgan fingerprint density at radius 1 is 1.00 bits per heavy atom. The van der Waals surface area contributed by atoms with E-state index in [-0.39, 0.29) is 0 Å². The second kappa shape index (κ2) is 44.0. The molecule has 0 radical (unpaired) electrons. The fraction of sp³-hybridized carbons (Fsp3) is 1.00. The first-order valence-electron chi connectivity index (χ1n) is 3.97. The molecule has 0 saturated heterocycles. The zero-order valence-corrected chi connectivity index (χ0v) is 7.91. The first-order chi connectivity index (χ1) is 4.33. The molecular weight excluding hydrogens is 110 g/mol. The van der Waals surface area contributed by atoms with E-state index in [4.69, 9.17) is 0 Å². The van der Waals surface area contributed by atoms with Gasteiger partial charge >= 0.3 is 0 Å². The highest BCUT2D eigenvalue weighted by atomic mass is 14.8. The van der Waals surface area contributed by atoms with Crippen molar-refractivity contribution in [1.29, 1.82) is 0 Å². The number of hydrogen-bond acceptors (Lipinski definition) is 1. The third-order valence-corrected chi connectivity index (χ3v) is 0.354. The molecule has 0 fully saturated rings. The maximum Gasteiger partial charge on any atom is -0.00804 e. The molecule has 0 heterocycles. The van der Waals surface area contributed by atoms with Crippen LogP contribution in [0.3, 0.4) is 0 Å². The molecule has 0 aliphatic heterocycles. The van der Waals surface area contributed by atoms with Crippen LogP contribution in [0.5, 0.6) is 0 Å². The van der Waals surface area contributed by atoms with Crippen LogP contribution < -0.4 is 5.32 Å². The molecule has 0 rings (SSSR count). The SMILES string of the molecule is CC.CCC.CCNC. The minimum absolute atomic E-state index is 1.07. The van der Waals surface area contributed by atoms with Gasteiger partial charge in [-0.1, -0.05) is 41.0 Å². The molecule has 60 valence electrons. The van der Waals surface area contributed by atoms with Crippen molar-refractivity contribution in [1.82, 2.24) is 5.32 Å². The molecule has 0 amide bonds. The lowest BCUT2D eigenvalue weighted by molar-refractivity contribution is 0.864. The summed E-state index contributed by atoms with van der Waals surface area (Å²) in [5, 5.41) is 2.93. The lowest BCUT2D eigenvalue weighted by Crippen LogP contribution is -2.01. The Morgan fingerprint density at radius 3 is 1.11 bits per heavy atom. The monoisotopic (exact) mass is 133 g/mol. The van der Waals surface area contributed by atoms with Crippen molar-refractivity contribution in [3.63, 3.8) is 0 Å². The van der Waals surface area contributed by atoms with Gasteiger partial charge in [0, 0.05) is 0 Å². The molecule has 1 nitrogen and oxygen atoms in total. The highest BCUT2D eigenvalue weighted by molar-refractivity contribution is 4.15. The second-order valence-electron chi connectivity index (χ2n) is 1.41. The normalized spacial score (nSPS) is 6.00. The van der Waals surface area contributed by atoms with Crippen LogP contribution in [0.2, 0.25) is 0 Å². The lowest BCUT2D eigenvalue weighted by atomic mass is 10.6. The number of hydrogen-bond donors (Lipinski definition) is 1. The van der Waals surface area contributed by atoms with E-state index in [0.717, 1.165) is 6.54 Å². The topological polar surface area (TPSA) is 12.0 Å². The zero-order chi connectivity index (χ0) is 8.12. The van der Waals surface area contributed by atoms with Crippen molar-refractivity contribution < 1.29 is 0 Å². The highest BCUT2D eigenvalue weighted by Crippen LogP contribution is 1.56. The summed E-state index contributed by atoms with van der Waals surface area (Å²) in [4.78, 5) is 0. The molecule has 0 unspecified atom stereocenters. The molecule has 0 aromatic heterocycles.